The van der Waals surface area contributed by atoms with Crippen LogP contribution >= 0.6 is 0 Å². The zero-order chi connectivity index (χ0) is 11.7. The smallest absolute Gasteiger partial charge is 0.0526 e. The lowest BCUT2D eigenvalue weighted by atomic mass is 10.0. The molecule has 1 heterocycles. The minimum absolute atomic E-state index is 0.0118. The zero-order valence-corrected chi connectivity index (χ0v) is 10.7. The Morgan fingerprint density at radius 3 is 1.47 bits per heavy atom. The van der Waals surface area contributed by atoms with Crippen LogP contribution in [0.2, 0.25) is 0 Å². The summed E-state index contributed by atoms with van der Waals surface area (Å²) in [5.74, 6) is 0. The van der Waals surface area contributed by atoms with Crippen molar-refractivity contribution in [3.63, 3.8) is 0 Å². The van der Waals surface area contributed by atoms with Gasteiger partial charge in [-0.05, 0) is 53.9 Å². The quantitative estimate of drug-likeness (QED) is 0.709. The summed E-state index contributed by atoms with van der Waals surface area (Å²) in [7, 11) is 3.95. The molecule has 1 aromatic heterocycles. The van der Waals surface area contributed by atoms with Gasteiger partial charge in [0.15, 0.2) is 0 Å². The second-order valence-electron chi connectivity index (χ2n) is 5.04. The van der Waals surface area contributed by atoms with Crippen LogP contribution in [0, 0.1) is 0 Å². The molecule has 3 N–H and O–H groups in total. The molecule has 15 heavy (non-hydrogen) atoms. The Morgan fingerprint density at radius 1 is 0.867 bits per heavy atom. The topological polar surface area (TPSA) is 39.8 Å². The predicted octanol–water partition coefficient (Wildman–Crippen LogP) is 1.92. The predicted molar refractivity (Wildman–Crippen MR) is 65.0 cm³/mol. The second kappa shape index (κ2) is 3.99. The number of aromatic nitrogens is 1. The maximum atomic E-state index is 3.47. The van der Waals surface area contributed by atoms with Gasteiger partial charge >= 0.3 is 0 Å². The van der Waals surface area contributed by atoms with E-state index >= 15 is 0 Å². The molecule has 0 aliphatic carbocycles. The molecule has 3 nitrogen and oxygen atoms in total. The summed E-state index contributed by atoms with van der Waals surface area (Å²) in [5.41, 5.74) is 2.40. The molecule has 0 aliphatic heterocycles. The van der Waals surface area contributed by atoms with Crippen LogP contribution in [0.1, 0.15) is 39.1 Å². The third-order valence-corrected chi connectivity index (χ3v) is 3.28. The van der Waals surface area contributed by atoms with Gasteiger partial charge < -0.3 is 15.6 Å². The van der Waals surface area contributed by atoms with Gasteiger partial charge in [-0.3, -0.25) is 0 Å². The van der Waals surface area contributed by atoms with E-state index in [-0.39, 0.29) is 11.1 Å². The summed E-state index contributed by atoms with van der Waals surface area (Å²) >= 11 is 0. The first-order valence-corrected chi connectivity index (χ1v) is 5.41. The van der Waals surface area contributed by atoms with Gasteiger partial charge in [0.1, 0.15) is 0 Å². The van der Waals surface area contributed by atoms with E-state index in [1.165, 1.54) is 11.4 Å². The van der Waals surface area contributed by atoms with Crippen LogP contribution in [0.15, 0.2) is 12.1 Å². The van der Waals surface area contributed by atoms with Crippen LogP contribution in [0.4, 0.5) is 0 Å². The number of aromatic amines is 1. The van der Waals surface area contributed by atoms with Crippen LogP contribution < -0.4 is 10.6 Å². The van der Waals surface area contributed by atoms with E-state index in [1.807, 2.05) is 14.1 Å². The third-order valence-electron chi connectivity index (χ3n) is 3.28. The van der Waals surface area contributed by atoms with Gasteiger partial charge in [-0.1, -0.05) is 0 Å². The van der Waals surface area contributed by atoms with E-state index in [0.29, 0.717) is 0 Å². The first kappa shape index (κ1) is 12.3. The Labute approximate surface area is 92.7 Å². The molecule has 0 bridgehead atoms. The minimum Gasteiger partial charge on any atom is -0.359 e. The van der Waals surface area contributed by atoms with Crippen LogP contribution in [0.5, 0.6) is 0 Å². The summed E-state index contributed by atoms with van der Waals surface area (Å²) < 4.78 is 0. The monoisotopic (exact) mass is 209 g/mol. The van der Waals surface area contributed by atoms with Crippen LogP contribution in [0.25, 0.3) is 0 Å². The van der Waals surface area contributed by atoms with E-state index in [4.69, 9.17) is 0 Å². The van der Waals surface area contributed by atoms with Crippen molar-refractivity contribution in [1.29, 1.82) is 0 Å². The van der Waals surface area contributed by atoms with E-state index in [9.17, 15) is 0 Å². The highest BCUT2D eigenvalue weighted by Crippen LogP contribution is 2.24. The molecule has 0 aliphatic rings. The van der Waals surface area contributed by atoms with Crippen LogP contribution in [0.3, 0.4) is 0 Å². The first-order valence-electron chi connectivity index (χ1n) is 5.41. The molecule has 0 fully saturated rings. The van der Waals surface area contributed by atoms with Gasteiger partial charge in [-0.15, -0.1) is 0 Å². The van der Waals surface area contributed by atoms with Crippen molar-refractivity contribution < 1.29 is 0 Å². The fourth-order valence-corrected chi connectivity index (χ4v) is 1.39. The summed E-state index contributed by atoms with van der Waals surface area (Å²) in [6.07, 6.45) is 0. The first-order chi connectivity index (χ1) is 6.83. The fourth-order valence-electron chi connectivity index (χ4n) is 1.39. The molecular formula is C12H23N3. The van der Waals surface area contributed by atoms with Crippen molar-refractivity contribution >= 4 is 0 Å². The highest BCUT2D eigenvalue weighted by molar-refractivity contribution is 5.23. The number of H-pyrrole nitrogens is 1. The van der Waals surface area contributed by atoms with Gasteiger partial charge in [0.2, 0.25) is 0 Å². The van der Waals surface area contributed by atoms with Gasteiger partial charge in [-0.25, -0.2) is 0 Å². The highest BCUT2D eigenvalue weighted by Gasteiger charge is 2.24. The summed E-state index contributed by atoms with van der Waals surface area (Å²) in [5, 5.41) is 6.58. The Balaban J connectivity index is 3.00. The van der Waals surface area contributed by atoms with Crippen LogP contribution in [-0.4, -0.2) is 19.1 Å². The molecule has 1 rings (SSSR count). The Hall–Kier alpha value is -0.800. The number of hydrogen-bond donors (Lipinski definition) is 3. The molecular weight excluding hydrogens is 186 g/mol. The van der Waals surface area contributed by atoms with Gasteiger partial charge in [0.25, 0.3) is 0 Å². The highest BCUT2D eigenvalue weighted by atomic mass is 15.0. The van der Waals surface area contributed by atoms with Crippen molar-refractivity contribution in [2.75, 3.05) is 14.1 Å². The largest absolute Gasteiger partial charge is 0.359 e. The SMILES string of the molecule is CNC(C)(C)c1ccc(C(C)(C)NC)[nH]1. The third kappa shape index (κ3) is 2.41. The zero-order valence-electron chi connectivity index (χ0n) is 10.7. The second-order valence-corrected chi connectivity index (χ2v) is 5.04. The van der Waals surface area contributed by atoms with Crippen molar-refractivity contribution in [3.05, 3.63) is 23.5 Å². The number of nitrogens with one attached hydrogen (secondary N) is 3. The Morgan fingerprint density at radius 2 is 1.20 bits per heavy atom. The van der Waals surface area contributed by atoms with E-state index in [2.05, 4.69) is 55.4 Å². The maximum absolute atomic E-state index is 3.47. The van der Waals surface area contributed by atoms with Crippen molar-refractivity contribution in [2.24, 2.45) is 0 Å². The molecule has 0 saturated heterocycles. The normalized spacial score (nSPS) is 13.2. The minimum atomic E-state index is -0.0118. The molecule has 3 heteroatoms. The molecule has 0 radical (unpaired) electrons. The summed E-state index contributed by atoms with van der Waals surface area (Å²) in [6, 6.07) is 4.29. The maximum Gasteiger partial charge on any atom is 0.0526 e. The Bertz CT molecular complexity index is 293. The molecule has 0 aromatic carbocycles. The van der Waals surface area contributed by atoms with E-state index in [0.717, 1.165) is 0 Å². The van der Waals surface area contributed by atoms with Crippen molar-refractivity contribution in [2.45, 2.75) is 38.8 Å². The van der Waals surface area contributed by atoms with Gasteiger partial charge in [0, 0.05) is 11.4 Å². The lowest BCUT2D eigenvalue weighted by Crippen LogP contribution is -2.35. The standard InChI is InChI=1S/C12H23N3/c1-11(2,13-5)9-7-8-10(15-9)12(3,4)14-6/h7-8,13-15H,1-6H3. The molecule has 0 atom stereocenters. The average Bonchev–Trinajstić information content (AvgIpc) is 2.67. The lowest BCUT2D eigenvalue weighted by molar-refractivity contribution is 0.413. The van der Waals surface area contributed by atoms with Gasteiger partial charge in [-0.2, -0.15) is 0 Å². The summed E-state index contributed by atoms with van der Waals surface area (Å²) in [4.78, 5) is 3.47. The van der Waals surface area contributed by atoms with E-state index < -0.39 is 0 Å². The van der Waals surface area contributed by atoms with Gasteiger partial charge in [0.05, 0.1) is 11.1 Å². The summed E-state index contributed by atoms with van der Waals surface area (Å²) in [6.45, 7) is 8.65. The van der Waals surface area contributed by atoms with Crippen LogP contribution in [-0.2, 0) is 11.1 Å². The molecule has 0 saturated carbocycles. The van der Waals surface area contributed by atoms with Crippen molar-refractivity contribution in [3.8, 4) is 0 Å². The molecule has 86 valence electrons. The van der Waals surface area contributed by atoms with Crippen molar-refractivity contribution in [1.82, 2.24) is 15.6 Å². The molecule has 1 aromatic rings. The molecule has 0 unspecified atom stereocenters. The lowest BCUT2D eigenvalue weighted by Gasteiger charge is -2.25. The molecule has 0 amide bonds. The average molecular weight is 209 g/mol. The Kier molecular flexibility index (Phi) is 3.26. The molecule has 0 spiro atoms. The van der Waals surface area contributed by atoms with E-state index in [1.54, 1.807) is 0 Å². The fraction of sp³-hybridized carbons (Fsp3) is 0.667. The number of hydrogen-bond acceptors (Lipinski definition) is 2. The number of rotatable bonds is 4.